The lowest BCUT2D eigenvalue weighted by Gasteiger charge is -2.60. The molecule has 1 spiro atoms. The lowest BCUT2D eigenvalue weighted by atomic mass is 9.72. The zero-order valence-corrected chi connectivity index (χ0v) is 29.0. The Morgan fingerprint density at radius 1 is 1.12 bits per heavy atom. The first kappa shape index (κ1) is 33.8. The third-order valence-corrected chi connectivity index (χ3v) is 10.7. The van der Waals surface area contributed by atoms with Gasteiger partial charge in [0.2, 0.25) is 0 Å². The maximum atomic E-state index is 14.4. The van der Waals surface area contributed by atoms with Gasteiger partial charge in [0.1, 0.15) is 24.3 Å². The van der Waals surface area contributed by atoms with E-state index in [1.54, 1.807) is 36.9 Å². The second-order valence-electron chi connectivity index (χ2n) is 13.1. The molecular formula is C35H30ClF3N6O4S. The highest BCUT2D eigenvalue weighted by Gasteiger charge is 2.52. The molecule has 5 aromatic rings. The number of fused-ring (bicyclic) bond motifs is 2. The van der Waals surface area contributed by atoms with Crippen molar-refractivity contribution >= 4 is 55.7 Å². The summed E-state index contributed by atoms with van der Waals surface area (Å²) in [5.41, 5.74) is -0.200. The third kappa shape index (κ3) is 5.53. The molecule has 10 nitrogen and oxygen atoms in total. The van der Waals surface area contributed by atoms with Crippen molar-refractivity contribution in [2.24, 2.45) is 5.41 Å². The van der Waals surface area contributed by atoms with Crippen molar-refractivity contribution in [1.82, 2.24) is 19.4 Å². The number of thiophene rings is 1. The number of carbonyl (C=O) groups is 1. The summed E-state index contributed by atoms with van der Waals surface area (Å²) in [5, 5.41) is 20.3. The standard InChI is InChI=1S/C35H30ClF3N6O4S/c1-17-9-22(31-29(41-17)27(33(47)48)18(2)50-31)21-10-20(36)5-6-26(21)49-8-7-45-19(3)42-25-11-24(35(37,38)39)30(23(12-40)28(25)32(45)46)44-15-34(16-44)13-43(4)14-34/h5-6,9-11H,7-8,13-16H2,1-4H3,(H,47,48). The first-order valence-electron chi connectivity index (χ1n) is 15.7. The van der Waals surface area contributed by atoms with Gasteiger partial charge in [0.05, 0.1) is 50.0 Å². The molecule has 0 radical (unpaired) electrons. The highest BCUT2D eigenvalue weighted by atomic mass is 35.5. The number of carboxylic acid groups (broad SMARTS) is 1. The Balaban J connectivity index is 1.25. The van der Waals surface area contributed by atoms with Gasteiger partial charge in [0, 0.05) is 58.3 Å². The number of carboxylic acids is 1. The van der Waals surface area contributed by atoms with Crippen molar-refractivity contribution < 1.29 is 27.8 Å². The van der Waals surface area contributed by atoms with E-state index in [9.17, 15) is 33.1 Å². The minimum absolute atomic E-state index is 0.0257. The summed E-state index contributed by atoms with van der Waals surface area (Å²) < 4.78 is 51.4. The Hall–Kier alpha value is -4.71. The largest absolute Gasteiger partial charge is 0.491 e. The number of ether oxygens (including phenoxy) is 1. The molecule has 0 saturated carbocycles. The summed E-state index contributed by atoms with van der Waals surface area (Å²) in [6, 6.07) is 9.63. The fourth-order valence-corrected chi connectivity index (χ4v) is 8.75. The number of aryl methyl sites for hydroxylation is 3. The van der Waals surface area contributed by atoms with Gasteiger partial charge in [0.15, 0.2) is 0 Å². The highest BCUT2D eigenvalue weighted by Crippen LogP contribution is 2.48. The quantitative estimate of drug-likeness (QED) is 0.196. The topological polar surface area (TPSA) is 125 Å². The van der Waals surface area contributed by atoms with Crippen LogP contribution in [-0.4, -0.2) is 70.3 Å². The van der Waals surface area contributed by atoms with Gasteiger partial charge in [-0.1, -0.05) is 11.6 Å². The van der Waals surface area contributed by atoms with Crippen LogP contribution in [0.4, 0.5) is 18.9 Å². The Morgan fingerprint density at radius 2 is 1.84 bits per heavy atom. The molecular weight excluding hydrogens is 693 g/mol. The minimum Gasteiger partial charge on any atom is -0.491 e. The Kier molecular flexibility index (Phi) is 8.08. The molecule has 7 rings (SSSR count). The zero-order valence-electron chi connectivity index (χ0n) is 27.4. The molecule has 2 aromatic carbocycles. The van der Waals surface area contributed by atoms with Crippen LogP contribution >= 0.6 is 22.9 Å². The number of aromatic nitrogens is 3. The second-order valence-corrected chi connectivity index (χ2v) is 14.8. The molecule has 5 heterocycles. The van der Waals surface area contributed by atoms with Crippen molar-refractivity contribution in [3.05, 3.63) is 78.8 Å². The van der Waals surface area contributed by atoms with Crippen molar-refractivity contribution in [2.75, 3.05) is 44.7 Å². The van der Waals surface area contributed by atoms with Crippen LogP contribution in [0.15, 0.2) is 35.1 Å². The van der Waals surface area contributed by atoms with Crippen LogP contribution in [-0.2, 0) is 12.7 Å². The van der Waals surface area contributed by atoms with Crippen LogP contribution in [0.2, 0.25) is 5.02 Å². The first-order chi connectivity index (χ1) is 23.6. The smallest absolute Gasteiger partial charge is 0.418 e. The number of alkyl halides is 3. The van der Waals surface area contributed by atoms with Crippen LogP contribution < -0.4 is 15.2 Å². The fraction of sp³-hybridized carbons (Fsp3) is 0.343. The van der Waals surface area contributed by atoms with Gasteiger partial charge in [-0.3, -0.25) is 14.3 Å². The van der Waals surface area contributed by atoms with Crippen molar-refractivity contribution in [1.29, 1.82) is 5.26 Å². The number of halogens is 4. The van der Waals surface area contributed by atoms with E-state index in [-0.39, 0.29) is 52.1 Å². The SMILES string of the molecule is Cc1cc(-c2cc(Cl)ccc2OCCn2c(C)nc3cc(C(F)(F)F)c(N4CC5(CN(C)C5)C4)c(C#N)c3c2=O)c2sc(C)c(C(=O)O)c2n1. The molecule has 2 aliphatic rings. The monoisotopic (exact) mass is 722 g/mol. The van der Waals surface area contributed by atoms with Gasteiger partial charge in [0.25, 0.3) is 5.56 Å². The molecule has 2 saturated heterocycles. The summed E-state index contributed by atoms with van der Waals surface area (Å²) in [5.74, 6) is -0.507. The molecule has 0 bridgehead atoms. The second kappa shape index (κ2) is 12.0. The third-order valence-electron chi connectivity index (χ3n) is 9.37. The Labute approximate surface area is 292 Å². The molecule has 3 aromatic heterocycles. The molecule has 0 aliphatic carbocycles. The highest BCUT2D eigenvalue weighted by molar-refractivity contribution is 7.20. The van der Waals surface area contributed by atoms with E-state index in [1.165, 1.54) is 22.8 Å². The first-order valence-corrected chi connectivity index (χ1v) is 16.9. The van der Waals surface area contributed by atoms with Gasteiger partial charge in [-0.05, 0) is 58.2 Å². The average molecular weight is 723 g/mol. The van der Waals surface area contributed by atoms with Crippen LogP contribution in [0.5, 0.6) is 5.75 Å². The normalized spacial score (nSPS) is 15.7. The number of hydrogen-bond donors (Lipinski definition) is 1. The number of hydrogen-bond acceptors (Lipinski definition) is 9. The number of pyridine rings is 1. The number of nitrogens with zero attached hydrogens (tertiary/aromatic N) is 6. The van der Waals surface area contributed by atoms with E-state index in [4.69, 9.17) is 16.3 Å². The summed E-state index contributed by atoms with van der Waals surface area (Å²) in [6.07, 6.45) is -4.77. The fourth-order valence-electron chi connectivity index (χ4n) is 7.46. The molecule has 2 fully saturated rings. The summed E-state index contributed by atoms with van der Waals surface area (Å²) in [7, 11) is 1.94. The van der Waals surface area contributed by atoms with Crippen molar-refractivity contribution in [3.63, 3.8) is 0 Å². The van der Waals surface area contributed by atoms with Gasteiger partial charge >= 0.3 is 12.1 Å². The summed E-state index contributed by atoms with van der Waals surface area (Å²) in [6.45, 7) is 7.16. The van der Waals surface area contributed by atoms with Crippen LogP contribution in [0.1, 0.15) is 37.9 Å². The molecule has 1 N–H and O–H groups in total. The van der Waals surface area contributed by atoms with E-state index < -0.39 is 23.3 Å². The molecule has 0 atom stereocenters. The van der Waals surface area contributed by atoms with E-state index in [0.29, 0.717) is 55.8 Å². The maximum absolute atomic E-state index is 14.4. The molecule has 0 unspecified atom stereocenters. The predicted molar refractivity (Wildman–Crippen MR) is 185 cm³/mol. The minimum atomic E-state index is -4.77. The number of rotatable bonds is 7. The number of nitriles is 1. The lowest BCUT2D eigenvalue weighted by molar-refractivity contribution is -0.137. The van der Waals surface area contributed by atoms with E-state index in [2.05, 4.69) is 14.9 Å². The van der Waals surface area contributed by atoms with Crippen LogP contribution in [0, 0.1) is 37.5 Å². The van der Waals surface area contributed by atoms with E-state index in [1.807, 2.05) is 19.2 Å². The van der Waals surface area contributed by atoms with Crippen molar-refractivity contribution in [2.45, 2.75) is 33.5 Å². The lowest BCUT2D eigenvalue weighted by Crippen LogP contribution is -2.71. The number of anilines is 1. The van der Waals surface area contributed by atoms with Gasteiger partial charge in [-0.25, -0.2) is 9.78 Å². The number of likely N-dealkylation sites (tertiary alicyclic amines) is 1. The maximum Gasteiger partial charge on any atom is 0.418 e. The Morgan fingerprint density at radius 3 is 2.48 bits per heavy atom. The predicted octanol–water partition coefficient (Wildman–Crippen LogP) is 6.67. The summed E-state index contributed by atoms with van der Waals surface area (Å²) >= 11 is 7.70. The van der Waals surface area contributed by atoms with Crippen LogP contribution in [0.25, 0.3) is 32.2 Å². The van der Waals surface area contributed by atoms with Gasteiger partial charge in [-0.15, -0.1) is 11.3 Å². The molecule has 0 amide bonds. The number of aromatic carboxylic acids is 1. The molecule has 258 valence electrons. The summed E-state index contributed by atoms with van der Waals surface area (Å²) in [4.78, 5) is 39.1. The molecule has 50 heavy (non-hydrogen) atoms. The van der Waals surface area contributed by atoms with E-state index >= 15 is 0 Å². The molecule has 15 heteroatoms. The Bertz CT molecular complexity index is 2350. The van der Waals surface area contributed by atoms with E-state index in [0.717, 1.165) is 19.2 Å². The van der Waals surface area contributed by atoms with Gasteiger partial charge in [-0.2, -0.15) is 18.4 Å². The molecule has 2 aliphatic heterocycles. The zero-order chi connectivity index (χ0) is 35.9. The average Bonchev–Trinajstić information content (AvgIpc) is 3.34. The van der Waals surface area contributed by atoms with Crippen LogP contribution in [0.3, 0.4) is 0 Å². The van der Waals surface area contributed by atoms with Crippen molar-refractivity contribution in [3.8, 4) is 22.9 Å². The number of benzene rings is 2. The van der Waals surface area contributed by atoms with Gasteiger partial charge < -0.3 is 19.6 Å².